The van der Waals surface area contributed by atoms with E-state index in [1.54, 1.807) is 25.3 Å². The van der Waals surface area contributed by atoms with Gasteiger partial charge in [0.2, 0.25) is 11.8 Å². The number of carbonyl (C=O) groups excluding carboxylic acids is 3. The van der Waals surface area contributed by atoms with Crippen LogP contribution in [0, 0.1) is 13.8 Å². The van der Waals surface area contributed by atoms with Gasteiger partial charge in [-0.3, -0.25) is 25.2 Å². The molecular weight excluding hydrogens is 466 g/mol. The summed E-state index contributed by atoms with van der Waals surface area (Å²) in [6.45, 7) is 4.53. The summed E-state index contributed by atoms with van der Waals surface area (Å²) in [5, 5.41) is 2.78. The molecule has 0 aliphatic heterocycles. The SMILES string of the molecule is COCCOc1ccc(Br)cc1C(=O)NNC(=O)CCC(=O)Nc1ccc(C)cc1C. The van der Waals surface area contributed by atoms with Crippen molar-refractivity contribution in [3.63, 3.8) is 0 Å². The molecule has 9 heteroatoms. The number of benzene rings is 2. The summed E-state index contributed by atoms with van der Waals surface area (Å²) in [4.78, 5) is 36.6. The maximum Gasteiger partial charge on any atom is 0.273 e. The Morgan fingerprint density at radius 2 is 1.68 bits per heavy atom. The molecule has 0 bridgehead atoms. The minimum absolute atomic E-state index is 0.0166. The molecule has 2 rings (SSSR count). The molecule has 0 radical (unpaired) electrons. The highest BCUT2D eigenvalue weighted by molar-refractivity contribution is 9.10. The van der Waals surface area contributed by atoms with Gasteiger partial charge in [-0.15, -0.1) is 0 Å². The lowest BCUT2D eigenvalue weighted by molar-refractivity contribution is -0.124. The fourth-order valence-corrected chi connectivity index (χ4v) is 3.05. The van der Waals surface area contributed by atoms with E-state index in [4.69, 9.17) is 9.47 Å². The first kappa shape index (κ1) is 24.4. The molecule has 0 saturated heterocycles. The molecule has 3 amide bonds. The second kappa shape index (κ2) is 12.1. The van der Waals surface area contributed by atoms with E-state index < -0.39 is 11.8 Å². The standard InChI is InChI=1S/C22H26BrN3O5/c1-14-4-6-18(15(2)12-14)24-20(27)8-9-21(28)25-26-22(29)17-13-16(23)5-7-19(17)31-11-10-30-3/h4-7,12-13H,8-11H2,1-3H3,(H,24,27)(H,25,28)(H,26,29). The van der Waals surface area contributed by atoms with Gasteiger partial charge in [-0.05, 0) is 43.7 Å². The highest BCUT2D eigenvalue weighted by Gasteiger charge is 2.15. The summed E-state index contributed by atoms with van der Waals surface area (Å²) >= 11 is 3.31. The molecule has 0 unspecified atom stereocenters. The normalized spacial score (nSPS) is 10.3. The first-order valence-electron chi connectivity index (χ1n) is 9.67. The molecule has 31 heavy (non-hydrogen) atoms. The van der Waals surface area contributed by atoms with Gasteiger partial charge in [0.25, 0.3) is 5.91 Å². The summed E-state index contributed by atoms with van der Waals surface area (Å²) in [5.41, 5.74) is 7.67. The van der Waals surface area contributed by atoms with E-state index in [0.717, 1.165) is 11.1 Å². The molecule has 0 aliphatic rings. The smallest absolute Gasteiger partial charge is 0.273 e. The van der Waals surface area contributed by atoms with Crippen LogP contribution in [0.5, 0.6) is 5.75 Å². The zero-order valence-corrected chi connectivity index (χ0v) is 19.3. The van der Waals surface area contributed by atoms with E-state index in [1.807, 2.05) is 32.0 Å². The summed E-state index contributed by atoms with van der Waals surface area (Å²) in [6, 6.07) is 10.7. The summed E-state index contributed by atoms with van der Waals surface area (Å²) < 4.78 is 11.2. The van der Waals surface area contributed by atoms with Crippen molar-refractivity contribution >= 4 is 39.3 Å². The Bertz CT molecular complexity index is 949. The maximum atomic E-state index is 12.5. The molecule has 166 valence electrons. The van der Waals surface area contributed by atoms with Crippen molar-refractivity contribution in [2.24, 2.45) is 0 Å². The van der Waals surface area contributed by atoms with E-state index in [1.165, 1.54) is 0 Å². The van der Waals surface area contributed by atoms with Crippen molar-refractivity contribution in [3.8, 4) is 5.75 Å². The van der Waals surface area contributed by atoms with Gasteiger partial charge in [-0.2, -0.15) is 0 Å². The van der Waals surface area contributed by atoms with Crippen LogP contribution in [0.4, 0.5) is 5.69 Å². The first-order chi connectivity index (χ1) is 14.8. The number of carbonyl (C=O) groups is 3. The Morgan fingerprint density at radius 3 is 2.39 bits per heavy atom. The molecular formula is C22H26BrN3O5. The second-order valence-corrected chi connectivity index (χ2v) is 7.77. The second-order valence-electron chi connectivity index (χ2n) is 6.85. The summed E-state index contributed by atoms with van der Waals surface area (Å²) in [6.07, 6.45) is -0.0933. The molecule has 0 aromatic heterocycles. The lowest BCUT2D eigenvalue weighted by Crippen LogP contribution is -2.42. The number of hydrogen-bond acceptors (Lipinski definition) is 5. The fourth-order valence-electron chi connectivity index (χ4n) is 2.69. The number of amides is 3. The number of hydrazine groups is 1. The van der Waals surface area contributed by atoms with Gasteiger partial charge < -0.3 is 14.8 Å². The van der Waals surface area contributed by atoms with E-state index in [0.29, 0.717) is 22.5 Å². The number of rotatable bonds is 9. The maximum absolute atomic E-state index is 12.5. The van der Waals surface area contributed by atoms with Crippen LogP contribution < -0.4 is 20.9 Å². The Kier molecular flexibility index (Phi) is 9.48. The minimum atomic E-state index is -0.540. The van der Waals surface area contributed by atoms with Gasteiger partial charge in [0.15, 0.2) is 0 Å². The van der Waals surface area contributed by atoms with Gasteiger partial charge in [-0.1, -0.05) is 33.6 Å². The largest absolute Gasteiger partial charge is 0.490 e. The number of methoxy groups -OCH3 is 1. The van der Waals surface area contributed by atoms with Crippen LogP contribution in [0.15, 0.2) is 40.9 Å². The van der Waals surface area contributed by atoms with E-state index in [2.05, 4.69) is 32.1 Å². The van der Waals surface area contributed by atoms with Crippen LogP contribution in [0.3, 0.4) is 0 Å². The molecule has 0 aliphatic carbocycles. The highest BCUT2D eigenvalue weighted by Crippen LogP contribution is 2.23. The zero-order chi connectivity index (χ0) is 22.8. The van der Waals surface area contributed by atoms with Gasteiger partial charge >= 0.3 is 0 Å². The number of ether oxygens (including phenoxy) is 2. The van der Waals surface area contributed by atoms with Gasteiger partial charge in [0.1, 0.15) is 12.4 Å². The number of aryl methyl sites for hydroxylation is 2. The average Bonchev–Trinajstić information content (AvgIpc) is 2.73. The van der Waals surface area contributed by atoms with Gasteiger partial charge in [-0.25, -0.2) is 0 Å². The molecule has 2 aromatic rings. The zero-order valence-electron chi connectivity index (χ0n) is 17.7. The van der Waals surface area contributed by atoms with Crippen molar-refractivity contribution in [2.45, 2.75) is 26.7 Å². The fraction of sp³-hybridized carbons (Fsp3) is 0.318. The van der Waals surface area contributed by atoms with Crippen molar-refractivity contribution in [3.05, 3.63) is 57.6 Å². The van der Waals surface area contributed by atoms with Gasteiger partial charge in [0.05, 0.1) is 12.2 Å². The highest BCUT2D eigenvalue weighted by atomic mass is 79.9. The van der Waals surface area contributed by atoms with E-state index in [9.17, 15) is 14.4 Å². The molecule has 3 N–H and O–H groups in total. The van der Waals surface area contributed by atoms with Crippen molar-refractivity contribution in [1.29, 1.82) is 0 Å². The third-order valence-corrected chi connectivity index (χ3v) is 4.78. The van der Waals surface area contributed by atoms with Crippen LogP contribution in [-0.4, -0.2) is 38.0 Å². The predicted octanol–water partition coefficient (Wildman–Crippen LogP) is 3.27. The lowest BCUT2D eigenvalue weighted by atomic mass is 10.1. The molecule has 0 atom stereocenters. The number of halogens is 1. The van der Waals surface area contributed by atoms with E-state index >= 15 is 0 Å². The summed E-state index contributed by atoms with van der Waals surface area (Å²) in [7, 11) is 1.55. The Hall–Kier alpha value is -2.91. The predicted molar refractivity (Wildman–Crippen MR) is 121 cm³/mol. The number of nitrogens with one attached hydrogen (secondary N) is 3. The van der Waals surface area contributed by atoms with Crippen LogP contribution in [0.1, 0.15) is 34.3 Å². The van der Waals surface area contributed by atoms with Crippen molar-refractivity contribution in [2.75, 3.05) is 25.6 Å². The van der Waals surface area contributed by atoms with Crippen molar-refractivity contribution in [1.82, 2.24) is 10.9 Å². The summed E-state index contributed by atoms with van der Waals surface area (Å²) in [5.74, 6) is -0.947. The Labute approximate surface area is 189 Å². The minimum Gasteiger partial charge on any atom is -0.490 e. The van der Waals surface area contributed by atoms with E-state index in [-0.39, 0.29) is 30.9 Å². The monoisotopic (exact) mass is 491 g/mol. The lowest BCUT2D eigenvalue weighted by Gasteiger charge is -2.13. The van der Waals surface area contributed by atoms with Crippen LogP contribution in [0.2, 0.25) is 0 Å². The topological polar surface area (TPSA) is 106 Å². The van der Waals surface area contributed by atoms with Crippen molar-refractivity contribution < 1.29 is 23.9 Å². The molecule has 0 heterocycles. The quantitative estimate of drug-likeness (QED) is 0.368. The Morgan fingerprint density at radius 1 is 0.935 bits per heavy atom. The number of anilines is 1. The molecule has 0 saturated carbocycles. The molecule has 0 spiro atoms. The molecule has 8 nitrogen and oxygen atoms in total. The Balaban J connectivity index is 1.83. The first-order valence-corrected chi connectivity index (χ1v) is 10.5. The van der Waals surface area contributed by atoms with Crippen LogP contribution in [0.25, 0.3) is 0 Å². The van der Waals surface area contributed by atoms with Crippen LogP contribution in [-0.2, 0) is 14.3 Å². The third-order valence-electron chi connectivity index (χ3n) is 4.28. The third kappa shape index (κ3) is 8.03. The van der Waals surface area contributed by atoms with Crippen LogP contribution >= 0.6 is 15.9 Å². The number of hydrogen-bond donors (Lipinski definition) is 3. The molecule has 0 fully saturated rings. The average molecular weight is 492 g/mol. The molecule has 2 aromatic carbocycles. The van der Waals surface area contributed by atoms with Gasteiger partial charge in [0, 0.05) is 30.1 Å².